The number of ether oxygens (including phenoxy) is 4. The average molecular weight is 434 g/mol. The minimum Gasteiger partial charge on any atom is -0.497 e. The van der Waals surface area contributed by atoms with Gasteiger partial charge in [0.1, 0.15) is 12.4 Å². The lowest BCUT2D eigenvalue weighted by Gasteiger charge is -2.35. The molecule has 1 aliphatic rings. The van der Waals surface area contributed by atoms with Gasteiger partial charge in [-0.1, -0.05) is 42.5 Å². The molecule has 3 aromatic carbocycles. The molecule has 3 aromatic rings. The summed E-state index contributed by atoms with van der Waals surface area (Å²) in [6.45, 7) is 5.67. The molecule has 5 heteroatoms. The summed E-state index contributed by atoms with van der Waals surface area (Å²) in [6, 6.07) is 22.6. The van der Waals surface area contributed by atoms with E-state index in [1.807, 2.05) is 37.3 Å². The maximum atomic E-state index is 6.15. The summed E-state index contributed by atoms with van der Waals surface area (Å²) in [5, 5.41) is 0. The minimum absolute atomic E-state index is 0.0145. The number of fused-ring (bicyclic) bond motifs is 1. The van der Waals surface area contributed by atoms with Gasteiger partial charge in [0.25, 0.3) is 0 Å². The number of rotatable bonds is 9. The van der Waals surface area contributed by atoms with Crippen LogP contribution < -0.4 is 14.2 Å². The Balaban J connectivity index is 1.57. The molecule has 0 saturated carbocycles. The first-order valence-electron chi connectivity index (χ1n) is 11.0. The van der Waals surface area contributed by atoms with Crippen molar-refractivity contribution in [3.05, 3.63) is 89.0 Å². The van der Waals surface area contributed by atoms with E-state index in [4.69, 9.17) is 18.9 Å². The van der Waals surface area contributed by atoms with Gasteiger partial charge in [0.05, 0.1) is 20.3 Å². The zero-order valence-electron chi connectivity index (χ0n) is 19.0. The second kappa shape index (κ2) is 10.5. The molecule has 0 bridgehead atoms. The van der Waals surface area contributed by atoms with E-state index < -0.39 is 0 Å². The molecule has 4 rings (SSSR count). The normalized spacial score (nSPS) is 15.8. The van der Waals surface area contributed by atoms with Crippen molar-refractivity contribution in [1.29, 1.82) is 0 Å². The van der Waals surface area contributed by atoms with E-state index in [1.54, 1.807) is 14.2 Å². The zero-order chi connectivity index (χ0) is 22.3. The zero-order valence-corrected chi connectivity index (χ0v) is 19.0. The number of hydrogen-bond donors (Lipinski definition) is 0. The fourth-order valence-electron chi connectivity index (χ4n) is 4.19. The summed E-state index contributed by atoms with van der Waals surface area (Å²) in [5.41, 5.74) is 4.73. The van der Waals surface area contributed by atoms with Crippen LogP contribution in [0.2, 0.25) is 0 Å². The van der Waals surface area contributed by atoms with Crippen LogP contribution in [0.1, 0.15) is 35.3 Å². The average Bonchev–Trinajstić information content (AvgIpc) is 2.83. The predicted octanol–water partition coefficient (Wildman–Crippen LogP) is 5.38. The molecule has 0 spiro atoms. The van der Waals surface area contributed by atoms with Gasteiger partial charge in [-0.2, -0.15) is 0 Å². The summed E-state index contributed by atoms with van der Waals surface area (Å²) < 4.78 is 23.4. The van der Waals surface area contributed by atoms with Crippen LogP contribution in [-0.2, 0) is 24.4 Å². The second-order valence-corrected chi connectivity index (χ2v) is 7.94. The van der Waals surface area contributed by atoms with Gasteiger partial charge in [0.15, 0.2) is 11.5 Å². The summed E-state index contributed by atoms with van der Waals surface area (Å²) >= 11 is 0. The van der Waals surface area contributed by atoms with Gasteiger partial charge in [0, 0.05) is 26.2 Å². The molecule has 0 aliphatic carbocycles. The molecule has 1 unspecified atom stereocenters. The molecule has 168 valence electrons. The van der Waals surface area contributed by atoms with Crippen molar-refractivity contribution in [2.45, 2.75) is 32.7 Å². The molecule has 32 heavy (non-hydrogen) atoms. The lowest BCUT2D eigenvalue weighted by atomic mass is 9.95. The maximum absolute atomic E-state index is 6.15. The van der Waals surface area contributed by atoms with E-state index in [0.29, 0.717) is 13.2 Å². The first-order chi connectivity index (χ1) is 15.7. The molecule has 0 aromatic heterocycles. The Kier molecular flexibility index (Phi) is 7.30. The fraction of sp³-hybridized carbons (Fsp3) is 0.333. The first kappa shape index (κ1) is 22.2. The highest BCUT2D eigenvalue weighted by atomic mass is 16.5. The summed E-state index contributed by atoms with van der Waals surface area (Å²) in [5.74, 6) is 2.38. The van der Waals surface area contributed by atoms with Crippen molar-refractivity contribution in [2.75, 3.05) is 27.4 Å². The Hall–Kier alpha value is -3.02. The monoisotopic (exact) mass is 433 g/mol. The van der Waals surface area contributed by atoms with Gasteiger partial charge < -0.3 is 18.9 Å². The SMILES string of the molecule is CCOC1CN(Cc2cccc(OC)c2)Cc2cc(OC)c(OCc3ccccc3)cc21. The van der Waals surface area contributed by atoms with Gasteiger partial charge in [-0.05, 0) is 53.4 Å². The summed E-state index contributed by atoms with van der Waals surface area (Å²) in [7, 11) is 3.39. The van der Waals surface area contributed by atoms with Gasteiger partial charge in [-0.25, -0.2) is 0 Å². The largest absolute Gasteiger partial charge is 0.497 e. The topological polar surface area (TPSA) is 40.2 Å². The van der Waals surface area contributed by atoms with Crippen LogP contribution in [0.5, 0.6) is 17.2 Å². The third kappa shape index (κ3) is 5.23. The minimum atomic E-state index is -0.0145. The molecular weight excluding hydrogens is 402 g/mol. The standard InChI is InChI=1S/C27H31NO4/c1-4-31-27-18-28(16-21-11-8-12-23(13-21)29-2)17-22-14-25(30-3)26(15-24(22)27)32-19-20-9-6-5-7-10-20/h5-15,27H,4,16-19H2,1-3H3. The number of benzene rings is 3. The highest BCUT2D eigenvalue weighted by Gasteiger charge is 2.28. The molecular formula is C27H31NO4. The Bertz CT molecular complexity index is 1020. The Labute approximate surface area is 190 Å². The molecule has 1 aliphatic heterocycles. The predicted molar refractivity (Wildman–Crippen MR) is 125 cm³/mol. The van der Waals surface area contributed by atoms with Crippen LogP contribution in [0, 0.1) is 0 Å². The Morgan fingerprint density at radius 2 is 1.69 bits per heavy atom. The van der Waals surface area contributed by atoms with Gasteiger partial charge >= 0.3 is 0 Å². The molecule has 0 N–H and O–H groups in total. The van der Waals surface area contributed by atoms with Gasteiger partial charge in [-0.15, -0.1) is 0 Å². The second-order valence-electron chi connectivity index (χ2n) is 7.94. The van der Waals surface area contributed by atoms with Crippen molar-refractivity contribution >= 4 is 0 Å². The van der Waals surface area contributed by atoms with Crippen LogP contribution in [0.15, 0.2) is 66.7 Å². The van der Waals surface area contributed by atoms with E-state index in [-0.39, 0.29) is 6.10 Å². The van der Waals surface area contributed by atoms with Gasteiger partial charge in [-0.3, -0.25) is 4.90 Å². The first-order valence-corrected chi connectivity index (χ1v) is 11.0. The van der Waals surface area contributed by atoms with E-state index in [0.717, 1.165) is 42.4 Å². The van der Waals surface area contributed by atoms with Crippen molar-refractivity contribution in [1.82, 2.24) is 4.90 Å². The molecule has 0 amide bonds. The van der Waals surface area contributed by atoms with Crippen LogP contribution >= 0.6 is 0 Å². The molecule has 0 radical (unpaired) electrons. The molecule has 5 nitrogen and oxygen atoms in total. The number of methoxy groups -OCH3 is 2. The van der Waals surface area contributed by atoms with E-state index in [2.05, 4.69) is 41.3 Å². The van der Waals surface area contributed by atoms with Crippen LogP contribution in [-0.4, -0.2) is 32.3 Å². The Morgan fingerprint density at radius 3 is 2.44 bits per heavy atom. The van der Waals surface area contributed by atoms with Gasteiger partial charge in [0.2, 0.25) is 0 Å². The number of hydrogen-bond acceptors (Lipinski definition) is 5. The third-order valence-corrected chi connectivity index (χ3v) is 5.74. The van der Waals surface area contributed by atoms with E-state index in [1.165, 1.54) is 16.7 Å². The summed E-state index contributed by atoms with van der Waals surface area (Å²) in [4.78, 5) is 2.40. The molecule has 0 saturated heterocycles. The van der Waals surface area contributed by atoms with E-state index >= 15 is 0 Å². The van der Waals surface area contributed by atoms with Crippen LogP contribution in [0.25, 0.3) is 0 Å². The van der Waals surface area contributed by atoms with E-state index in [9.17, 15) is 0 Å². The van der Waals surface area contributed by atoms with Crippen molar-refractivity contribution < 1.29 is 18.9 Å². The molecule has 1 atom stereocenters. The Morgan fingerprint density at radius 1 is 0.875 bits per heavy atom. The van der Waals surface area contributed by atoms with Crippen molar-refractivity contribution in [3.63, 3.8) is 0 Å². The highest BCUT2D eigenvalue weighted by Crippen LogP contribution is 2.39. The van der Waals surface area contributed by atoms with Crippen LogP contribution in [0.4, 0.5) is 0 Å². The third-order valence-electron chi connectivity index (χ3n) is 5.74. The molecule has 1 heterocycles. The van der Waals surface area contributed by atoms with Crippen LogP contribution in [0.3, 0.4) is 0 Å². The number of nitrogens with zero attached hydrogens (tertiary/aromatic N) is 1. The maximum Gasteiger partial charge on any atom is 0.162 e. The van der Waals surface area contributed by atoms with Crippen molar-refractivity contribution in [2.24, 2.45) is 0 Å². The lowest BCUT2D eigenvalue weighted by molar-refractivity contribution is 0.0171. The van der Waals surface area contributed by atoms with Crippen molar-refractivity contribution in [3.8, 4) is 17.2 Å². The molecule has 0 fully saturated rings. The lowest BCUT2D eigenvalue weighted by Crippen LogP contribution is -2.34. The smallest absolute Gasteiger partial charge is 0.162 e. The highest BCUT2D eigenvalue weighted by molar-refractivity contribution is 5.49. The fourth-order valence-corrected chi connectivity index (χ4v) is 4.19. The summed E-state index contributed by atoms with van der Waals surface area (Å²) in [6.07, 6.45) is -0.0145. The quantitative estimate of drug-likeness (QED) is 0.453.